The number of carbonyl (C=O) groups excluding carboxylic acids is 3. The van der Waals surface area contributed by atoms with Crippen LogP contribution >= 0.6 is 0 Å². The molecule has 1 aliphatic carbocycles. The summed E-state index contributed by atoms with van der Waals surface area (Å²) in [5.41, 5.74) is -7.13. The number of hydrogen-bond acceptors (Lipinski definition) is 20. The Balaban J connectivity index is 1.12. The fourth-order valence-electron chi connectivity index (χ4n) is 7.80. The molecule has 328 valence electrons. The number of benzene rings is 3. The third-order valence-corrected chi connectivity index (χ3v) is 10.5. The molecular formula is C40H31N7O17. The Morgan fingerprint density at radius 1 is 0.953 bits per heavy atom. The maximum atomic E-state index is 14.1. The number of carbonyl (C=O) groups is 3. The number of aromatic nitrogens is 2. The summed E-state index contributed by atoms with van der Waals surface area (Å²) in [5.74, 6) is -2.09. The number of oxime groups is 1. The first-order chi connectivity index (χ1) is 30.2. The van der Waals surface area contributed by atoms with E-state index in [0.29, 0.717) is 40.0 Å². The van der Waals surface area contributed by atoms with Crippen molar-refractivity contribution in [1.29, 1.82) is 0 Å². The lowest BCUT2D eigenvalue weighted by Gasteiger charge is -2.35. The molecule has 1 atom stereocenters. The van der Waals surface area contributed by atoms with Crippen LogP contribution in [0.25, 0.3) is 33.4 Å². The number of rotatable bonds is 10. The van der Waals surface area contributed by atoms with Crippen LogP contribution in [0.5, 0.6) is 5.75 Å². The summed E-state index contributed by atoms with van der Waals surface area (Å²) in [4.78, 5) is 96.5. The maximum absolute atomic E-state index is 14.1. The van der Waals surface area contributed by atoms with Crippen molar-refractivity contribution in [1.82, 2.24) is 9.55 Å². The van der Waals surface area contributed by atoms with E-state index in [1.165, 1.54) is 23.6 Å². The Kier molecular flexibility index (Phi) is 10.1. The van der Waals surface area contributed by atoms with Gasteiger partial charge in [-0.1, -0.05) is 12.1 Å². The lowest BCUT2D eigenvalue weighted by molar-refractivity contribution is -0.393. The molecule has 8 rings (SSSR count). The zero-order chi connectivity index (χ0) is 46.2. The van der Waals surface area contributed by atoms with Gasteiger partial charge in [0.2, 0.25) is 12.2 Å². The van der Waals surface area contributed by atoms with Crippen LogP contribution in [0.2, 0.25) is 0 Å². The zero-order valence-electron chi connectivity index (χ0n) is 33.7. The molecule has 24 nitrogen and oxygen atoms in total. The van der Waals surface area contributed by atoms with Crippen LogP contribution in [0.15, 0.2) is 64.5 Å². The molecule has 0 fully saturated rings. The Labute approximate surface area is 356 Å². The normalized spacial score (nSPS) is 16.2. The summed E-state index contributed by atoms with van der Waals surface area (Å²) in [6.45, 7) is 5.07. The first-order valence-corrected chi connectivity index (χ1v) is 18.9. The summed E-state index contributed by atoms with van der Waals surface area (Å²) >= 11 is 0. The second-order valence-corrected chi connectivity index (χ2v) is 15.5. The Bertz CT molecular complexity index is 3050. The molecule has 0 saturated heterocycles. The van der Waals surface area contributed by atoms with Gasteiger partial charge in [-0.2, -0.15) is 0 Å². The zero-order valence-corrected chi connectivity index (χ0v) is 33.7. The van der Waals surface area contributed by atoms with Gasteiger partial charge in [-0.25, -0.2) is 19.4 Å². The number of fused-ring (bicyclic) bond motifs is 8. The first kappa shape index (κ1) is 42.3. The number of pyridine rings is 2. The van der Waals surface area contributed by atoms with Crippen LogP contribution < -0.4 is 15.5 Å². The number of non-ortho nitro benzene ring substituents is 2. The molecule has 3 aromatic carbocycles. The lowest BCUT2D eigenvalue weighted by Crippen LogP contribution is -2.48. The number of nitro benzene ring substituents is 3. The summed E-state index contributed by atoms with van der Waals surface area (Å²) in [5, 5.41) is 59.7. The van der Waals surface area contributed by atoms with Crippen molar-refractivity contribution in [3.63, 3.8) is 0 Å². The van der Waals surface area contributed by atoms with Gasteiger partial charge in [-0.05, 0) is 57.5 Å². The van der Waals surface area contributed by atoms with E-state index in [9.17, 15) is 59.9 Å². The van der Waals surface area contributed by atoms with Gasteiger partial charge in [0.05, 0.1) is 55.4 Å². The predicted octanol–water partition coefficient (Wildman–Crippen LogP) is 5.70. The number of anilines is 1. The van der Waals surface area contributed by atoms with Crippen molar-refractivity contribution in [2.75, 3.05) is 11.8 Å². The van der Waals surface area contributed by atoms with Gasteiger partial charge in [-0.15, -0.1) is 5.23 Å². The monoisotopic (exact) mass is 881 g/mol. The molecule has 24 heteroatoms. The van der Waals surface area contributed by atoms with Gasteiger partial charge in [0.15, 0.2) is 0 Å². The topological polar surface area (TPSA) is 318 Å². The van der Waals surface area contributed by atoms with Crippen LogP contribution in [0.4, 0.5) is 27.5 Å². The second-order valence-electron chi connectivity index (χ2n) is 15.5. The molecule has 4 heterocycles. The molecule has 0 unspecified atom stereocenters. The Morgan fingerprint density at radius 2 is 1.64 bits per heavy atom. The van der Waals surface area contributed by atoms with Gasteiger partial charge in [-0.3, -0.25) is 45.6 Å². The Hall–Kier alpha value is -8.38. The van der Waals surface area contributed by atoms with Crippen molar-refractivity contribution >= 4 is 57.5 Å². The summed E-state index contributed by atoms with van der Waals surface area (Å²) in [6, 6.07) is 10.9. The minimum atomic E-state index is -2.21. The molecule has 3 aliphatic rings. The average Bonchev–Trinajstić information content (AvgIpc) is 3.74. The van der Waals surface area contributed by atoms with E-state index in [-0.39, 0.29) is 35.4 Å². The van der Waals surface area contributed by atoms with Crippen molar-refractivity contribution in [2.24, 2.45) is 5.16 Å². The molecule has 2 N–H and O–H groups in total. The molecular weight excluding hydrogens is 850 g/mol. The third-order valence-electron chi connectivity index (χ3n) is 10.5. The number of nitrogens with zero attached hydrogens (tertiary/aromatic N) is 7. The maximum Gasteiger partial charge on any atom is 0.514 e. The molecule has 2 aliphatic heterocycles. The van der Waals surface area contributed by atoms with Gasteiger partial charge in [0.1, 0.15) is 29.4 Å². The molecule has 0 bridgehead atoms. The van der Waals surface area contributed by atoms with E-state index in [1.54, 1.807) is 39.0 Å². The van der Waals surface area contributed by atoms with E-state index in [0.717, 1.165) is 12.1 Å². The molecule has 5 aromatic rings. The molecule has 64 heavy (non-hydrogen) atoms. The smallest absolute Gasteiger partial charge is 0.457 e. The van der Waals surface area contributed by atoms with E-state index in [4.69, 9.17) is 28.8 Å². The van der Waals surface area contributed by atoms with E-state index in [2.05, 4.69) is 5.16 Å². The SMILES string of the molecule is CC[C@@]1(OC(=O)CO/N=C2/c3cc([N+](=O)[O-])cc(N(O)O)c3-c3c2cc([N+](=O)[O-])cc3[N+](=O)[O-])C(=O)OCc2c1cc1n(c2=O)Cc2cc3cc(OC(=O)OC(C)(C)C)ccc3nc2-1. The number of esters is 2. The van der Waals surface area contributed by atoms with Crippen LogP contribution in [0.3, 0.4) is 0 Å². The molecule has 0 spiro atoms. The van der Waals surface area contributed by atoms with Gasteiger partial charge in [0, 0.05) is 51.4 Å². The summed E-state index contributed by atoms with van der Waals surface area (Å²) in [6.07, 6.45) is -1.15. The average molecular weight is 882 g/mol. The molecule has 0 saturated carbocycles. The number of nitro groups is 3. The molecule has 0 amide bonds. The standard InChI is InChI=1S/C40H31N7O17/c1-5-40(63-31(48)17-61-42-35-23-10-20(44(52)53)12-28(46(56)57)32(23)33-24(35)11-21(45(54)55)13-29(33)47(58)59)26-14-30-34-19(15-43(30)36(49)25(26)16-60-37(40)50)8-18-9-22(6-7-27(18)41-34)62-38(51)64-39(2,3)4/h6-14,56-57H,5,15-17H2,1-4H3/b42-35-/t40-/m0/s1. The highest BCUT2D eigenvalue weighted by molar-refractivity contribution is 6.28. The van der Waals surface area contributed by atoms with E-state index >= 15 is 0 Å². The third kappa shape index (κ3) is 7.10. The van der Waals surface area contributed by atoms with Gasteiger partial charge in [0.25, 0.3) is 22.6 Å². The minimum absolute atomic E-state index is 0.00568. The number of ether oxygens (including phenoxy) is 4. The largest absolute Gasteiger partial charge is 0.514 e. The predicted molar refractivity (Wildman–Crippen MR) is 215 cm³/mol. The van der Waals surface area contributed by atoms with Crippen LogP contribution in [-0.4, -0.2) is 70.7 Å². The number of cyclic esters (lactones) is 1. The molecule has 0 radical (unpaired) electrons. The van der Waals surface area contributed by atoms with Crippen LogP contribution in [-0.2, 0) is 47.4 Å². The van der Waals surface area contributed by atoms with E-state index < -0.39 is 113 Å². The summed E-state index contributed by atoms with van der Waals surface area (Å²) < 4.78 is 23.1. The highest BCUT2D eigenvalue weighted by Gasteiger charge is 2.51. The fourth-order valence-corrected chi connectivity index (χ4v) is 7.80. The highest BCUT2D eigenvalue weighted by Crippen LogP contribution is 2.50. The van der Waals surface area contributed by atoms with Crippen molar-refractivity contribution in [2.45, 2.75) is 58.5 Å². The fraction of sp³-hybridized carbons (Fsp3) is 0.250. The first-order valence-electron chi connectivity index (χ1n) is 18.9. The van der Waals surface area contributed by atoms with Crippen LogP contribution in [0, 0.1) is 30.3 Å². The van der Waals surface area contributed by atoms with Crippen molar-refractivity contribution in [3.8, 4) is 28.3 Å². The van der Waals surface area contributed by atoms with Gasteiger partial charge >= 0.3 is 18.1 Å². The lowest BCUT2D eigenvalue weighted by atomic mass is 9.85. The highest BCUT2D eigenvalue weighted by atomic mass is 16.8. The number of hydrogen-bond donors (Lipinski definition) is 2. The van der Waals surface area contributed by atoms with Crippen LogP contribution in [0.1, 0.15) is 61.9 Å². The minimum Gasteiger partial charge on any atom is -0.457 e. The molecule has 2 aromatic heterocycles. The Morgan fingerprint density at radius 3 is 2.28 bits per heavy atom. The van der Waals surface area contributed by atoms with Crippen molar-refractivity contribution < 1.29 is 63.4 Å². The summed E-state index contributed by atoms with van der Waals surface area (Å²) in [7, 11) is 0. The van der Waals surface area contributed by atoms with Crippen molar-refractivity contribution in [3.05, 3.63) is 123 Å². The second kappa shape index (κ2) is 15.2. The van der Waals surface area contributed by atoms with E-state index in [1.807, 2.05) is 0 Å². The quantitative estimate of drug-likeness (QED) is 0.0546. The van der Waals surface area contributed by atoms with Gasteiger partial charge < -0.3 is 28.4 Å².